The minimum atomic E-state index is 0.0220. The smallest absolute Gasteiger partial charge is 0.220 e. The molecule has 5 nitrogen and oxygen atoms in total. The summed E-state index contributed by atoms with van der Waals surface area (Å²) in [5.74, 6) is 0.900. The Balaban J connectivity index is 1.33. The molecule has 0 spiro atoms. The van der Waals surface area contributed by atoms with Gasteiger partial charge in [-0.3, -0.25) is 4.79 Å². The van der Waals surface area contributed by atoms with Crippen molar-refractivity contribution in [1.82, 2.24) is 14.9 Å². The van der Waals surface area contributed by atoms with Gasteiger partial charge in [-0.25, -0.2) is 4.98 Å². The first-order valence-electron chi connectivity index (χ1n) is 12.3. The summed E-state index contributed by atoms with van der Waals surface area (Å²) in [7, 11) is 1.71. The molecule has 0 saturated heterocycles. The first kappa shape index (κ1) is 23.8. The number of hydrogen-bond acceptors (Lipinski definition) is 4. The van der Waals surface area contributed by atoms with Crippen molar-refractivity contribution in [3.8, 4) is 22.7 Å². The highest BCUT2D eigenvalue weighted by Crippen LogP contribution is 2.40. The molecule has 1 amide bonds. The lowest BCUT2D eigenvalue weighted by atomic mass is 9.90. The predicted molar refractivity (Wildman–Crippen MR) is 150 cm³/mol. The van der Waals surface area contributed by atoms with Gasteiger partial charge in [-0.05, 0) is 90.6 Å². The Morgan fingerprint density at radius 3 is 2.84 bits per heavy atom. The van der Waals surface area contributed by atoms with Crippen LogP contribution in [0.5, 0.6) is 5.75 Å². The van der Waals surface area contributed by atoms with Crippen LogP contribution in [0.2, 0.25) is 5.02 Å². The lowest BCUT2D eigenvalue weighted by Crippen LogP contribution is -2.23. The van der Waals surface area contributed by atoms with Gasteiger partial charge in [0.15, 0.2) is 0 Å². The Kier molecular flexibility index (Phi) is 6.45. The van der Waals surface area contributed by atoms with Crippen molar-refractivity contribution in [3.05, 3.63) is 99.6 Å². The summed E-state index contributed by atoms with van der Waals surface area (Å²) >= 11 is 7.72. The van der Waals surface area contributed by atoms with E-state index in [9.17, 15) is 4.79 Å². The second-order valence-electron chi connectivity index (χ2n) is 9.28. The van der Waals surface area contributed by atoms with Crippen LogP contribution in [-0.2, 0) is 30.6 Å². The number of aromatic nitrogens is 2. The van der Waals surface area contributed by atoms with E-state index in [2.05, 4.69) is 51.3 Å². The number of halogens is 1. The third-order valence-corrected chi connectivity index (χ3v) is 7.97. The van der Waals surface area contributed by atoms with Crippen LogP contribution in [0.25, 0.3) is 27.2 Å². The quantitative estimate of drug-likeness (QED) is 0.254. The average molecular weight is 528 g/mol. The van der Waals surface area contributed by atoms with Gasteiger partial charge in [0, 0.05) is 34.9 Å². The minimum absolute atomic E-state index is 0.0220. The number of carbonyl (C=O) groups excluding carboxylic acids is 1. The van der Waals surface area contributed by atoms with E-state index in [-0.39, 0.29) is 5.91 Å². The number of benzene rings is 3. The molecule has 1 aliphatic carbocycles. The van der Waals surface area contributed by atoms with Gasteiger partial charge in [0.25, 0.3) is 0 Å². The SMILES string of the molecule is COc1ccc2c(c1)CCc1cc(CCC(=O)NCc3cccc(Cl)c3)n(-c3ccc4ncsc4c3)c1-2. The standard InChI is InChI=1S/C30H26ClN3O2S/c1-36-25-9-10-26-20(15-25)5-6-21-14-23(8-12-29(35)32-17-19-3-2-4-22(31)13-19)34(30(21)26)24-7-11-27-28(16-24)37-18-33-27/h2-4,7,9-11,13-16,18H,5-6,8,12,17H2,1H3,(H,32,35). The third kappa shape index (κ3) is 4.75. The van der Waals surface area contributed by atoms with Gasteiger partial charge in [-0.1, -0.05) is 23.7 Å². The number of ether oxygens (including phenoxy) is 1. The monoisotopic (exact) mass is 527 g/mol. The van der Waals surface area contributed by atoms with E-state index in [0.29, 0.717) is 24.4 Å². The van der Waals surface area contributed by atoms with Gasteiger partial charge >= 0.3 is 0 Å². The van der Waals surface area contributed by atoms with E-state index in [0.717, 1.165) is 45.8 Å². The van der Waals surface area contributed by atoms with E-state index in [1.165, 1.54) is 22.4 Å². The van der Waals surface area contributed by atoms with Crippen LogP contribution in [0, 0.1) is 0 Å². The number of amides is 1. The average Bonchev–Trinajstić information content (AvgIpc) is 3.54. The lowest BCUT2D eigenvalue weighted by Gasteiger charge is -2.21. The zero-order valence-corrected chi connectivity index (χ0v) is 22.0. The molecule has 37 heavy (non-hydrogen) atoms. The molecule has 0 bridgehead atoms. The predicted octanol–water partition coefficient (Wildman–Crippen LogP) is 6.76. The molecule has 0 fully saturated rings. The first-order valence-corrected chi connectivity index (χ1v) is 13.6. The van der Waals surface area contributed by atoms with Gasteiger partial charge in [0.1, 0.15) is 5.75 Å². The first-order chi connectivity index (χ1) is 18.1. The highest BCUT2D eigenvalue weighted by atomic mass is 35.5. The minimum Gasteiger partial charge on any atom is -0.497 e. The van der Waals surface area contributed by atoms with E-state index >= 15 is 0 Å². The largest absolute Gasteiger partial charge is 0.497 e. The molecule has 0 atom stereocenters. The zero-order valence-electron chi connectivity index (χ0n) is 20.5. The molecule has 6 rings (SSSR count). The van der Waals surface area contributed by atoms with E-state index in [4.69, 9.17) is 16.3 Å². The van der Waals surface area contributed by atoms with Gasteiger partial charge < -0.3 is 14.6 Å². The Morgan fingerprint density at radius 2 is 1.97 bits per heavy atom. The number of methoxy groups -OCH3 is 1. The van der Waals surface area contributed by atoms with Crippen molar-refractivity contribution < 1.29 is 9.53 Å². The number of rotatable bonds is 7. The molecular formula is C30H26ClN3O2S. The summed E-state index contributed by atoms with van der Waals surface area (Å²) in [6.07, 6.45) is 2.97. The fraction of sp³-hybridized carbons (Fsp3) is 0.200. The molecule has 0 saturated carbocycles. The van der Waals surface area contributed by atoms with E-state index in [1.54, 1.807) is 18.4 Å². The van der Waals surface area contributed by atoms with Gasteiger partial charge in [-0.2, -0.15) is 0 Å². The van der Waals surface area contributed by atoms with Crippen molar-refractivity contribution in [1.29, 1.82) is 0 Å². The molecule has 7 heteroatoms. The van der Waals surface area contributed by atoms with Crippen LogP contribution in [-0.4, -0.2) is 22.6 Å². The number of nitrogens with zero attached hydrogens (tertiary/aromatic N) is 2. The molecule has 186 valence electrons. The number of nitrogens with one attached hydrogen (secondary N) is 1. The molecule has 1 N–H and O–H groups in total. The lowest BCUT2D eigenvalue weighted by molar-refractivity contribution is -0.121. The molecule has 1 aliphatic rings. The van der Waals surface area contributed by atoms with E-state index < -0.39 is 0 Å². The molecular weight excluding hydrogens is 502 g/mol. The normalized spacial score (nSPS) is 12.3. The fourth-order valence-corrected chi connectivity index (χ4v) is 6.07. The molecule has 2 aromatic heterocycles. The van der Waals surface area contributed by atoms with Crippen molar-refractivity contribution in [2.24, 2.45) is 0 Å². The topological polar surface area (TPSA) is 56.1 Å². The molecule has 0 aliphatic heterocycles. The van der Waals surface area contributed by atoms with Crippen LogP contribution in [0.1, 0.15) is 28.8 Å². The van der Waals surface area contributed by atoms with Gasteiger partial charge in [0.05, 0.1) is 28.5 Å². The van der Waals surface area contributed by atoms with Crippen LogP contribution in [0.15, 0.2) is 72.2 Å². The van der Waals surface area contributed by atoms with Gasteiger partial charge in [-0.15, -0.1) is 11.3 Å². The number of hydrogen-bond donors (Lipinski definition) is 1. The van der Waals surface area contributed by atoms with Crippen molar-refractivity contribution in [3.63, 3.8) is 0 Å². The Bertz CT molecular complexity index is 1620. The Morgan fingerprint density at radius 1 is 1.08 bits per heavy atom. The summed E-state index contributed by atoms with van der Waals surface area (Å²) < 4.78 is 8.98. The van der Waals surface area contributed by atoms with Gasteiger partial charge in [0.2, 0.25) is 5.91 Å². The highest BCUT2D eigenvalue weighted by Gasteiger charge is 2.24. The molecule has 0 unspecified atom stereocenters. The number of fused-ring (bicyclic) bond motifs is 4. The number of carbonyl (C=O) groups is 1. The summed E-state index contributed by atoms with van der Waals surface area (Å²) in [6, 6.07) is 22.6. The van der Waals surface area contributed by atoms with Crippen LogP contribution in [0.3, 0.4) is 0 Å². The molecule has 3 aromatic carbocycles. The van der Waals surface area contributed by atoms with Crippen LogP contribution in [0.4, 0.5) is 0 Å². The summed E-state index contributed by atoms with van der Waals surface area (Å²) in [5.41, 5.74) is 11.1. The van der Waals surface area contributed by atoms with Crippen molar-refractivity contribution >= 4 is 39.1 Å². The number of aryl methyl sites for hydroxylation is 3. The molecule has 2 heterocycles. The van der Waals surface area contributed by atoms with Crippen molar-refractivity contribution in [2.75, 3.05) is 7.11 Å². The summed E-state index contributed by atoms with van der Waals surface area (Å²) in [5, 5.41) is 3.71. The second-order valence-corrected chi connectivity index (χ2v) is 10.6. The van der Waals surface area contributed by atoms with Crippen LogP contribution >= 0.6 is 22.9 Å². The highest BCUT2D eigenvalue weighted by molar-refractivity contribution is 7.16. The third-order valence-electron chi connectivity index (χ3n) is 6.95. The maximum absolute atomic E-state index is 12.8. The molecule has 5 aromatic rings. The Labute approximate surface area is 224 Å². The number of thiazole rings is 1. The molecule has 0 radical (unpaired) electrons. The van der Waals surface area contributed by atoms with E-state index in [1.807, 2.05) is 35.8 Å². The van der Waals surface area contributed by atoms with Crippen molar-refractivity contribution in [2.45, 2.75) is 32.2 Å². The van der Waals surface area contributed by atoms with Crippen LogP contribution < -0.4 is 10.1 Å². The summed E-state index contributed by atoms with van der Waals surface area (Å²) in [4.78, 5) is 17.3. The fourth-order valence-electron chi connectivity index (χ4n) is 5.15. The maximum atomic E-state index is 12.8. The Hall–Kier alpha value is -3.61. The zero-order chi connectivity index (χ0) is 25.4. The summed E-state index contributed by atoms with van der Waals surface area (Å²) in [6.45, 7) is 0.466. The maximum Gasteiger partial charge on any atom is 0.220 e. The second kappa shape index (κ2) is 10.0.